The third-order valence-electron chi connectivity index (χ3n) is 3.71. The second-order valence-electron chi connectivity index (χ2n) is 4.91. The lowest BCUT2D eigenvalue weighted by Gasteiger charge is -2.25. The maximum atomic E-state index is 11.2. The average Bonchev–Trinajstić information content (AvgIpc) is 2.98. The molecule has 2 aliphatic carbocycles. The minimum absolute atomic E-state index is 0.404. The number of hydrogen-bond acceptors (Lipinski definition) is 2. The van der Waals surface area contributed by atoms with Crippen molar-refractivity contribution in [2.75, 3.05) is 0 Å². The Morgan fingerprint density at radius 2 is 2.00 bits per heavy atom. The van der Waals surface area contributed by atoms with Gasteiger partial charge in [0.2, 0.25) is 0 Å². The summed E-state index contributed by atoms with van der Waals surface area (Å²) in [5.74, 6) is 0.135. The van der Waals surface area contributed by atoms with Crippen LogP contribution in [0, 0.1) is 0 Å². The maximum absolute atomic E-state index is 11.2. The van der Waals surface area contributed by atoms with E-state index in [1.807, 2.05) is 12.3 Å². The summed E-state index contributed by atoms with van der Waals surface area (Å²) in [5.41, 5.74) is 2.36. The lowest BCUT2D eigenvalue weighted by Crippen LogP contribution is -2.12. The van der Waals surface area contributed by atoms with Crippen LogP contribution in [0.25, 0.3) is 0 Å². The number of nitrogens with zero attached hydrogens (tertiary/aromatic N) is 1. The van der Waals surface area contributed by atoms with Gasteiger partial charge in [0.25, 0.3) is 0 Å². The Bertz CT molecular complexity index is 434. The minimum atomic E-state index is -0.824. The largest absolute Gasteiger partial charge is 0.478 e. The van der Waals surface area contributed by atoms with Crippen molar-refractivity contribution in [1.82, 2.24) is 4.98 Å². The highest BCUT2D eigenvalue weighted by Crippen LogP contribution is 2.42. The molecule has 2 fully saturated rings. The lowest BCUT2D eigenvalue weighted by molar-refractivity contribution is 0.0695. The number of rotatable bonds is 3. The lowest BCUT2D eigenvalue weighted by atomic mass is 9.80. The summed E-state index contributed by atoms with van der Waals surface area (Å²) in [7, 11) is 0. The molecule has 1 N–H and O–H groups in total. The van der Waals surface area contributed by atoms with Crippen LogP contribution in [0.4, 0.5) is 0 Å². The van der Waals surface area contributed by atoms with Gasteiger partial charge in [-0.2, -0.15) is 0 Å². The van der Waals surface area contributed by atoms with Crippen LogP contribution in [0.15, 0.2) is 12.3 Å². The molecule has 1 aromatic rings. The molecule has 3 rings (SSSR count). The molecule has 0 aliphatic heterocycles. The maximum Gasteiger partial charge on any atom is 0.337 e. The highest BCUT2D eigenvalue weighted by Gasteiger charge is 2.30. The first-order chi connectivity index (χ1) is 7.75. The molecule has 1 aromatic heterocycles. The predicted molar refractivity (Wildman–Crippen MR) is 59.8 cm³/mol. The van der Waals surface area contributed by atoms with Crippen LogP contribution in [0.2, 0.25) is 0 Å². The number of aromatic nitrogens is 1. The first-order valence-corrected chi connectivity index (χ1v) is 5.99. The molecule has 0 atom stereocenters. The highest BCUT2D eigenvalue weighted by atomic mass is 16.4. The molecule has 84 valence electrons. The van der Waals surface area contributed by atoms with Gasteiger partial charge in [-0.05, 0) is 43.2 Å². The van der Waals surface area contributed by atoms with Gasteiger partial charge in [0.05, 0.1) is 11.3 Å². The van der Waals surface area contributed by atoms with E-state index in [-0.39, 0.29) is 0 Å². The third kappa shape index (κ3) is 1.60. The number of carboxylic acids is 1. The monoisotopic (exact) mass is 217 g/mol. The second-order valence-corrected chi connectivity index (χ2v) is 4.91. The van der Waals surface area contributed by atoms with E-state index in [1.165, 1.54) is 19.3 Å². The van der Waals surface area contributed by atoms with Crippen LogP contribution < -0.4 is 0 Å². The molecule has 0 spiro atoms. The van der Waals surface area contributed by atoms with Crippen LogP contribution in [0.1, 0.15) is 65.6 Å². The van der Waals surface area contributed by atoms with Gasteiger partial charge in [0.15, 0.2) is 0 Å². The predicted octanol–water partition coefficient (Wildman–Crippen LogP) is 2.92. The van der Waals surface area contributed by atoms with E-state index >= 15 is 0 Å². The second kappa shape index (κ2) is 3.58. The Kier molecular flexibility index (Phi) is 2.20. The van der Waals surface area contributed by atoms with Gasteiger partial charge in [0.1, 0.15) is 0 Å². The van der Waals surface area contributed by atoms with E-state index in [9.17, 15) is 9.90 Å². The van der Waals surface area contributed by atoms with E-state index in [0.29, 0.717) is 17.4 Å². The van der Waals surface area contributed by atoms with E-state index in [0.717, 1.165) is 24.1 Å². The van der Waals surface area contributed by atoms with Crippen molar-refractivity contribution in [3.63, 3.8) is 0 Å². The fourth-order valence-corrected chi connectivity index (χ4v) is 2.31. The quantitative estimate of drug-likeness (QED) is 0.846. The summed E-state index contributed by atoms with van der Waals surface area (Å²) < 4.78 is 0. The van der Waals surface area contributed by atoms with Crippen molar-refractivity contribution < 1.29 is 9.90 Å². The molecule has 0 amide bonds. The topological polar surface area (TPSA) is 50.2 Å². The number of aromatic carboxylic acids is 1. The molecular weight excluding hydrogens is 202 g/mol. The molecule has 1 heterocycles. The SMILES string of the molecule is O=C(O)c1cc(C2CCC2)cnc1C1CC1. The van der Waals surface area contributed by atoms with Gasteiger partial charge < -0.3 is 5.11 Å². The van der Waals surface area contributed by atoms with E-state index in [2.05, 4.69) is 4.98 Å². The number of carbonyl (C=O) groups is 1. The Balaban J connectivity index is 1.97. The molecular formula is C13H15NO2. The van der Waals surface area contributed by atoms with Gasteiger partial charge in [-0.25, -0.2) is 4.79 Å². The van der Waals surface area contributed by atoms with Crippen LogP contribution in [-0.2, 0) is 0 Å². The van der Waals surface area contributed by atoms with Gasteiger partial charge in [-0.15, -0.1) is 0 Å². The molecule has 0 saturated heterocycles. The van der Waals surface area contributed by atoms with E-state index in [1.54, 1.807) is 0 Å². The Morgan fingerprint density at radius 1 is 1.25 bits per heavy atom. The average molecular weight is 217 g/mol. The minimum Gasteiger partial charge on any atom is -0.478 e. The Labute approximate surface area is 94.5 Å². The smallest absolute Gasteiger partial charge is 0.337 e. The van der Waals surface area contributed by atoms with Crippen molar-refractivity contribution in [3.05, 3.63) is 29.1 Å². The summed E-state index contributed by atoms with van der Waals surface area (Å²) in [6.07, 6.45) is 7.71. The molecule has 3 nitrogen and oxygen atoms in total. The van der Waals surface area contributed by atoms with Crippen LogP contribution in [0.5, 0.6) is 0 Å². The summed E-state index contributed by atoms with van der Waals surface area (Å²) >= 11 is 0. The zero-order chi connectivity index (χ0) is 11.1. The summed E-state index contributed by atoms with van der Waals surface area (Å²) in [6.45, 7) is 0. The number of hydrogen-bond donors (Lipinski definition) is 1. The van der Waals surface area contributed by atoms with Crippen LogP contribution >= 0.6 is 0 Å². The standard InChI is InChI=1S/C13H15NO2/c15-13(16)11-6-10(8-2-1-3-8)7-14-12(11)9-4-5-9/h6-9H,1-5H2,(H,15,16). The van der Waals surface area contributed by atoms with Crippen LogP contribution in [0.3, 0.4) is 0 Å². The number of carboxylic acid groups (broad SMARTS) is 1. The van der Waals surface area contributed by atoms with Gasteiger partial charge in [-0.1, -0.05) is 6.42 Å². The molecule has 3 heteroatoms. The molecule has 2 aliphatic rings. The summed E-state index contributed by atoms with van der Waals surface area (Å²) in [4.78, 5) is 15.6. The first kappa shape index (κ1) is 9.82. The fourth-order valence-electron chi connectivity index (χ4n) is 2.31. The van der Waals surface area contributed by atoms with Crippen molar-refractivity contribution >= 4 is 5.97 Å². The van der Waals surface area contributed by atoms with E-state index < -0.39 is 5.97 Å². The van der Waals surface area contributed by atoms with Gasteiger partial charge in [0, 0.05) is 12.1 Å². The molecule has 0 bridgehead atoms. The molecule has 2 saturated carbocycles. The number of pyridine rings is 1. The zero-order valence-electron chi connectivity index (χ0n) is 9.15. The Morgan fingerprint density at radius 3 is 2.50 bits per heavy atom. The first-order valence-electron chi connectivity index (χ1n) is 5.99. The fraction of sp³-hybridized carbons (Fsp3) is 0.538. The highest BCUT2D eigenvalue weighted by molar-refractivity contribution is 5.89. The van der Waals surface area contributed by atoms with Gasteiger partial charge in [-0.3, -0.25) is 4.98 Å². The molecule has 16 heavy (non-hydrogen) atoms. The molecule has 0 aromatic carbocycles. The van der Waals surface area contributed by atoms with Crippen molar-refractivity contribution in [1.29, 1.82) is 0 Å². The summed E-state index contributed by atoms with van der Waals surface area (Å²) in [5, 5.41) is 9.20. The van der Waals surface area contributed by atoms with Gasteiger partial charge >= 0.3 is 5.97 Å². The normalized spacial score (nSPS) is 20.5. The summed E-state index contributed by atoms with van der Waals surface area (Å²) in [6, 6.07) is 1.85. The Hall–Kier alpha value is -1.38. The molecule has 0 unspecified atom stereocenters. The molecule has 0 radical (unpaired) electrons. The van der Waals surface area contributed by atoms with Crippen molar-refractivity contribution in [2.45, 2.75) is 43.9 Å². The van der Waals surface area contributed by atoms with E-state index in [4.69, 9.17) is 0 Å². The third-order valence-corrected chi connectivity index (χ3v) is 3.71. The zero-order valence-corrected chi connectivity index (χ0v) is 9.15. The van der Waals surface area contributed by atoms with Crippen molar-refractivity contribution in [2.24, 2.45) is 0 Å². The van der Waals surface area contributed by atoms with Crippen LogP contribution in [-0.4, -0.2) is 16.1 Å². The van der Waals surface area contributed by atoms with Crippen molar-refractivity contribution in [3.8, 4) is 0 Å².